The van der Waals surface area contributed by atoms with Gasteiger partial charge in [-0.1, -0.05) is 12.1 Å². The predicted molar refractivity (Wildman–Crippen MR) is 92.4 cm³/mol. The second kappa shape index (κ2) is 7.14. The second-order valence-electron chi connectivity index (χ2n) is 5.72. The van der Waals surface area contributed by atoms with Crippen LogP contribution in [-0.4, -0.2) is 32.3 Å². The molecule has 7 nitrogen and oxygen atoms in total. The number of imidazole rings is 1. The van der Waals surface area contributed by atoms with E-state index >= 15 is 0 Å². The van der Waals surface area contributed by atoms with Crippen LogP contribution in [0.1, 0.15) is 15.9 Å². The van der Waals surface area contributed by atoms with Crippen molar-refractivity contribution >= 4 is 11.6 Å². The molecule has 0 aliphatic heterocycles. The summed E-state index contributed by atoms with van der Waals surface area (Å²) < 4.78 is 14.5. The first kappa shape index (κ1) is 17.3. The molecule has 1 aromatic heterocycles. The molecular formula is C18H15FN4O3. The standard InChI is InChI=1S/C18H15FN4O3/c1-21(11-13-2-5-15(19)6-3-13)18(24)14-4-7-16(17(10-14)23(25)26)22-9-8-20-12-22/h2-10,12H,11H2,1H3. The predicted octanol–water partition coefficient (Wildman–Crippen LogP) is 3.19. The van der Waals surface area contributed by atoms with Gasteiger partial charge in [-0.15, -0.1) is 0 Å². The average molecular weight is 354 g/mol. The van der Waals surface area contributed by atoms with Gasteiger partial charge in [-0.25, -0.2) is 9.37 Å². The first-order valence-electron chi connectivity index (χ1n) is 7.72. The van der Waals surface area contributed by atoms with Crippen molar-refractivity contribution in [2.24, 2.45) is 0 Å². The molecule has 132 valence electrons. The topological polar surface area (TPSA) is 81.3 Å². The number of benzene rings is 2. The van der Waals surface area contributed by atoms with Crippen LogP contribution >= 0.6 is 0 Å². The van der Waals surface area contributed by atoms with Gasteiger partial charge < -0.3 is 9.47 Å². The number of carbonyl (C=O) groups is 1. The molecule has 0 radical (unpaired) electrons. The van der Waals surface area contributed by atoms with Gasteiger partial charge in [-0.2, -0.15) is 0 Å². The number of nitro groups is 1. The summed E-state index contributed by atoms with van der Waals surface area (Å²) in [7, 11) is 1.58. The Morgan fingerprint density at radius 1 is 1.27 bits per heavy atom. The average Bonchev–Trinajstić information content (AvgIpc) is 3.17. The maximum absolute atomic E-state index is 13.0. The van der Waals surface area contributed by atoms with Crippen LogP contribution in [0.5, 0.6) is 0 Å². The molecule has 0 aliphatic carbocycles. The molecule has 2 aromatic carbocycles. The van der Waals surface area contributed by atoms with E-state index in [1.807, 2.05) is 0 Å². The molecule has 1 amide bonds. The number of aromatic nitrogens is 2. The molecule has 0 unspecified atom stereocenters. The highest BCUT2D eigenvalue weighted by molar-refractivity contribution is 5.95. The number of halogens is 1. The Labute approximate surface area is 148 Å². The smallest absolute Gasteiger partial charge is 0.294 e. The number of nitro benzene ring substituents is 1. The number of rotatable bonds is 5. The van der Waals surface area contributed by atoms with Crippen LogP contribution in [0.3, 0.4) is 0 Å². The van der Waals surface area contributed by atoms with Gasteiger partial charge >= 0.3 is 0 Å². The van der Waals surface area contributed by atoms with E-state index in [9.17, 15) is 19.3 Å². The fourth-order valence-corrected chi connectivity index (χ4v) is 2.58. The molecule has 0 N–H and O–H groups in total. The minimum atomic E-state index is -0.536. The molecule has 0 fully saturated rings. The van der Waals surface area contributed by atoms with Crippen LogP contribution in [0.4, 0.5) is 10.1 Å². The van der Waals surface area contributed by atoms with E-state index in [0.717, 1.165) is 5.56 Å². The van der Waals surface area contributed by atoms with Gasteiger partial charge in [0.05, 0.1) is 11.3 Å². The molecule has 0 atom stereocenters. The van der Waals surface area contributed by atoms with E-state index in [2.05, 4.69) is 4.98 Å². The lowest BCUT2D eigenvalue weighted by Crippen LogP contribution is -2.26. The van der Waals surface area contributed by atoms with Crippen LogP contribution in [0.25, 0.3) is 5.69 Å². The van der Waals surface area contributed by atoms with Gasteiger partial charge in [0.25, 0.3) is 11.6 Å². The van der Waals surface area contributed by atoms with Crippen LogP contribution in [0.15, 0.2) is 61.2 Å². The minimum absolute atomic E-state index is 0.191. The van der Waals surface area contributed by atoms with Crippen molar-refractivity contribution in [3.8, 4) is 5.69 Å². The van der Waals surface area contributed by atoms with E-state index in [1.165, 1.54) is 52.3 Å². The maximum Gasteiger partial charge on any atom is 0.294 e. The molecule has 8 heteroatoms. The molecule has 0 aliphatic rings. The molecule has 0 saturated carbocycles. The Hall–Kier alpha value is -3.55. The third-order valence-electron chi connectivity index (χ3n) is 3.88. The summed E-state index contributed by atoms with van der Waals surface area (Å²) in [6.07, 6.45) is 4.55. The zero-order valence-corrected chi connectivity index (χ0v) is 13.9. The fraction of sp³-hybridized carbons (Fsp3) is 0.111. The Morgan fingerprint density at radius 3 is 2.62 bits per heavy atom. The number of amides is 1. The van der Waals surface area contributed by atoms with E-state index in [0.29, 0.717) is 5.69 Å². The van der Waals surface area contributed by atoms with Gasteiger partial charge in [-0.3, -0.25) is 14.9 Å². The Morgan fingerprint density at radius 2 is 2.00 bits per heavy atom. The van der Waals surface area contributed by atoms with Crippen LogP contribution < -0.4 is 0 Å². The van der Waals surface area contributed by atoms with Gasteiger partial charge in [0.1, 0.15) is 11.5 Å². The first-order valence-corrected chi connectivity index (χ1v) is 7.72. The zero-order chi connectivity index (χ0) is 18.7. The minimum Gasteiger partial charge on any atom is -0.337 e. The van der Waals surface area contributed by atoms with Crippen LogP contribution in [0.2, 0.25) is 0 Å². The Balaban J connectivity index is 1.86. The number of carbonyl (C=O) groups excluding carboxylic acids is 1. The number of hydrogen-bond donors (Lipinski definition) is 0. The summed E-state index contributed by atoms with van der Waals surface area (Å²) in [4.78, 5) is 28.8. The first-order chi connectivity index (χ1) is 12.5. The molecule has 0 bridgehead atoms. The molecule has 26 heavy (non-hydrogen) atoms. The molecule has 3 aromatic rings. The number of nitrogens with zero attached hydrogens (tertiary/aromatic N) is 4. The normalized spacial score (nSPS) is 10.5. The Kier molecular flexibility index (Phi) is 4.74. The highest BCUT2D eigenvalue weighted by atomic mass is 19.1. The van der Waals surface area contributed by atoms with Crippen LogP contribution in [0, 0.1) is 15.9 Å². The van der Waals surface area contributed by atoms with Crippen molar-refractivity contribution in [3.63, 3.8) is 0 Å². The number of hydrogen-bond acceptors (Lipinski definition) is 4. The summed E-state index contributed by atoms with van der Waals surface area (Å²) in [6.45, 7) is 0.260. The lowest BCUT2D eigenvalue weighted by atomic mass is 10.1. The molecule has 0 spiro atoms. The van der Waals surface area contributed by atoms with E-state index in [4.69, 9.17) is 0 Å². The lowest BCUT2D eigenvalue weighted by molar-refractivity contribution is -0.384. The highest BCUT2D eigenvalue weighted by Gasteiger charge is 2.20. The molecule has 1 heterocycles. The molecule has 0 saturated heterocycles. The molecular weight excluding hydrogens is 339 g/mol. The Bertz CT molecular complexity index is 940. The van der Waals surface area contributed by atoms with Crippen molar-refractivity contribution < 1.29 is 14.1 Å². The fourth-order valence-electron chi connectivity index (χ4n) is 2.58. The zero-order valence-electron chi connectivity index (χ0n) is 13.9. The van der Waals surface area contributed by atoms with E-state index in [1.54, 1.807) is 25.4 Å². The monoisotopic (exact) mass is 354 g/mol. The quantitative estimate of drug-likeness (QED) is 0.520. The second-order valence-corrected chi connectivity index (χ2v) is 5.72. The summed E-state index contributed by atoms with van der Waals surface area (Å²) in [5.41, 5.74) is 1.09. The van der Waals surface area contributed by atoms with Gasteiger partial charge in [-0.05, 0) is 29.8 Å². The van der Waals surface area contributed by atoms with E-state index in [-0.39, 0.29) is 29.5 Å². The molecule has 3 rings (SSSR count). The lowest BCUT2D eigenvalue weighted by Gasteiger charge is -2.17. The van der Waals surface area contributed by atoms with E-state index < -0.39 is 4.92 Å². The third-order valence-corrected chi connectivity index (χ3v) is 3.88. The maximum atomic E-state index is 13.0. The largest absolute Gasteiger partial charge is 0.337 e. The van der Waals surface area contributed by atoms with Crippen LogP contribution in [-0.2, 0) is 6.54 Å². The highest BCUT2D eigenvalue weighted by Crippen LogP contribution is 2.25. The van der Waals surface area contributed by atoms with Crippen molar-refractivity contribution in [1.29, 1.82) is 0 Å². The van der Waals surface area contributed by atoms with Crippen molar-refractivity contribution in [1.82, 2.24) is 14.5 Å². The summed E-state index contributed by atoms with van der Waals surface area (Å²) in [6, 6.07) is 10.1. The van der Waals surface area contributed by atoms with Crippen molar-refractivity contribution in [2.75, 3.05) is 7.05 Å². The van der Waals surface area contributed by atoms with Gasteiger partial charge in [0, 0.05) is 37.6 Å². The summed E-state index contributed by atoms with van der Waals surface area (Å²) in [5, 5.41) is 11.4. The van der Waals surface area contributed by atoms with Crippen molar-refractivity contribution in [3.05, 3.63) is 88.2 Å². The third kappa shape index (κ3) is 3.59. The SMILES string of the molecule is CN(Cc1ccc(F)cc1)C(=O)c1ccc(-n2ccnc2)c([N+](=O)[O-])c1. The summed E-state index contributed by atoms with van der Waals surface area (Å²) >= 11 is 0. The van der Waals surface area contributed by atoms with Gasteiger partial charge in [0.2, 0.25) is 0 Å². The van der Waals surface area contributed by atoms with Crippen molar-refractivity contribution in [2.45, 2.75) is 6.54 Å². The summed E-state index contributed by atoms with van der Waals surface area (Å²) in [5.74, 6) is -0.719. The van der Waals surface area contributed by atoms with Gasteiger partial charge in [0.15, 0.2) is 0 Å².